The maximum absolute atomic E-state index is 14.9. The standard InChI is InChI=1S/C19H29FN2O2/c1-23-17-12-15(16(20)13-18(17)24-2)19(14-6-4-3-5-7-14)22-10-8-21-9-11-22/h12-14,19,21H,3-11H2,1-2H3/t19-/m0/s1. The van der Waals surface area contributed by atoms with Crippen LogP contribution in [0.15, 0.2) is 12.1 Å². The topological polar surface area (TPSA) is 33.7 Å². The van der Waals surface area contributed by atoms with Gasteiger partial charge in [-0.15, -0.1) is 0 Å². The van der Waals surface area contributed by atoms with Crippen LogP contribution in [0.1, 0.15) is 43.7 Å². The first kappa shape index (κ1) is 17.5. The second-order valence-electron chi connectivity index (χ2n) is 6.86. The molecule has 4 nitrogen and oxygen atoms in total. The van der Waals surface area contributed by atoms with Crippen molar-refractivity contribution in [2.75, 3.05) is 40.4 Å². The van der Waals surface area contributed by atoms with E-state index in [-0.39, 0.29) is 11.9 Å². The summed E-state index contributed by atoms with van der Waals surface area (Å²) in [5, 5.41) is 3.40. The van der Waals surface area contributed by atoms with Gasteiger partial charge in [0.2, 0.25) is 0 Å². The Hall–Kier alpha value is -1.33. The fraction of sp³-hybridized carbons (Fsp3) is 0.684. The Bertz CT molecular complexity index is 522. The Morgan fingerprint density at radius 1 is 1.04 bits per heavy atom. The van der Waals surface area contributed by atoms with Gasteiger partial charge in [-0.1, -0.05) is 19.3 Å². The molecule has 1 aromatic rings. The summed E-state index contributed by atoms with van der Waals surface area (Å²) in [5.41, 5.74) is 0.765. The van der Waals surface area contributed by atoms with Crippen LogP contribution < -0.4 is 14.8 Å². The van der Waals surface area contributed by atoms with Gasteiger partial charge in [0.15, 0.2) is 11.5 Å². The van der Waals surface area contributed by atoms with Crippen molar-refractivity contribution in [2.45, 2.75) is 38.1 Å². The number of nitrogens with zero attached hydrogens (tertiary/aromatic N) is 1. The van der Waals surface area contributed by atoms with Crippen LogP contribution in [0.4, 0.5) is 4.39 Å². The van der Waals surface area contributed by atoms with E-state index in [0.29, 0.717) is 17.4 Å². The van der Waals surface area contributed by atoms with Crippen molar-refractivity contribution in [2.24, 2.45) is 5.92 Å². The average molecular weight is 336 g/mol. The zero-order chi connectivity index (χ0) is 16.9. The molecule has 0 unspecified atom stereocenters. The van der Waals surface area contributed by atoms with E-state index >= 15 is 0 Å². The van der Waals surface area contributed by atoms with Crippen LogP contribution in [0.25, 0.3) is 0 Å². The molecule has 0 spiro atoms. The van der Waals surface area contributed by atoms with Crippen LogP contribution in [0, 0.1) is 11.7 Å². The van der Waals surface area contributed by atoms with Gasteiger partial charge < -0.3 is 14.8 Å². The van der Waals surface area contributed by atoms with Crippen molar-refractivity contribution in [1.82, 2.24) is 10.2 Å². The van der Waals surface area contributed by atoms with Crippen LogP contribution >= 0.6 is 0 Å². The highest BCUT2D eigenvalue weighted by molar-refractivity contribution is 5.45. The molecular formula is C19H29FN2O2. The summed E-state index contributed by atoms with van der Waals surface area (Å²) < 4.78 is 25.6. The second-order valence-corrected chi connectivity index (χ2v) is 6.86. The van der Waals surface area contributed by atoms with Crippen LogP contribution in [-0.4, -0.2) is 45.3 Å². The van der Waals surface area contributed by atoms with Crippen LogP contribution in [0.5, 0.6) is 11.5 Å². The molecule has 134 valence electrons. The van der Waals surface area contributed by atoms with Gasteiger partial charge in [-0.3, -0.25) is 4.90 Å². The molecule has 0 bridgehead atoms. The van der Waals surface area contributed by atoms with Crippen molar-refractivity contribution in [1.29, 1.82) is 0 Å². The lowest BCUT2D eigenvalue weighted by Gasteiger charge is -2.41. The lowest BCUT2D eigenvalue weighted by molar-refractivity contribution is 0.100. The van der Waals surface area contributed by atoms with Crippen LogP contribution in [0.3, 0.4) is 0 Å². The Labute approximate surface area is 144 Å². The van der Waals surface area contributed by atoms with E-state index in [1.165, 1.54) is 38.2 Å². The first-order valence-electron chi connectivity index (χ1n) is 9.10. The second kappa shape index (κ2) is 8.17. The smallest absolute Gasteiger partial charge is 0.163 e. The van der Waals surface area contributed by atoms with E-state index < -0.39 is 0 Å². The zero-order valence-corrected chi connectivity index (χ0v) is 14.8. The van der Waals surface area contributed by atoms with E-state index in [1.54, 1.807) is 14.2 Å². The number of methoxy groups -OCH3 is 2. The van der Waals surface area contributed by atoms with Gasteiger partial charge >= 0.3 is 0 Å². The summed E-state index contributed by atoms with van der Waals surface area (Å²) in [6.45, 7) is 3.88. The highest BCUT2D eigenvalue weighted by Crippen LogP contribution is 2.42. The molecule has 0 aromatic heterocycles. The molecule has 1 aliphatic heterocycles. The van der Waals surface area contributed by atoms with Gasteiger partial charge in [-0.2, -0.15) is 0 Å². The molecule has 24 heavy (non-hydrogen) atoms. The average Bonchev–Trinajstić information content (AvgIpc) is 2.64. The number of ether oxygens (including phenoxy) is 2. The quantitative estimate of drug-likeness (QED) is 0.894. The fourth-order valence-electron chi connectivity index (χ4n) is 4.26. The number of hydrogen-bond acceptors (Lipinski definition) is 4. The maximum Gasteiger partial charge on any atom is 0.163 e. The Balaban J connectivity index is 1.97. The highest BCUT2D eigenvalue weighted by Gasteiger charge is 2.33. The van der Waals surface area contributed by atoms with Crippen LogP contribution in [0.2, 0.25) is 0 Å². The molecule has 1 aliphatic carbocycles. The minimum Gasteiger partial charge on any atom is -0.493 e. The lowest BCUT2D eigenvalue weighted by atomic mass is 9.80. The van der Waals surface area contributed by atoms with E-state index in [4.69, 9.17) is 9.47 Å². The number of piperazine rings is 1. The predicted octanol–water partition coefficient (Wildman–Crippen LogP) is 3.37. The lowest BCUT2D eigenvalue weighted by Crippen LogP contribution is -2.47. The van der Waals surface area contributed by atoms with Gasteiger partial charge in [0, 0.05) is 43.9 Å². The zero-order valence-electron chi connectivity index (χ0n) is 14.8. The summed E-state index contributed by atoms with van der Waals surface area (Å²) >= 11 is 0. The van der Waals surface area contributed by atoms with Crippen LogP contribution in [-0.2, 0) is 0 Å². The number of benzene rings is 1. The van der Waals surface area contributed by atoms with Gasteiger partial charge in [0.05, 0.1) is 14.2 Å². The summed E-state index contributed by atoms with van der Waals surface area (Å²) in [6, 6.07) is 3.47. The summed E-state index contributed by atoms with van der Waals surface area (Å²) in [7, 11) is 3.16. The van der Waals surface area contributed by atoms with Gasteiger partial charge in [0.1, 0.15) is 5.82 Å². The van der Waals surface area contributed by atoms with Gasteiger partial charge in [-0.25, -0.2) is 4.39 Å². The minimum absolute atomic E-state index is 0.132. The van der Waals surface area contributed by atoms with E-state index in [0.717, 1.165) is 31.7 Å². The first-order chi connectivity index (χ1) is 11.7. The summed E-state index contributed by atoms with van der Waals surface area (Å²) in [6.07, 6.45) is 6.17. The first-order valence-corrected chi connectivity index (χ1v) is 9.10. The minimum atomic E-state index is -0.179. The Morgan fingerprint density at radius 3 is 2.29 bits per heavy atom. The van der Waals surface area contributed by atoms with Crippen molar-refractivity contribution < 1.29 is 13.9 Å². The molecule has 1 saturated heterocycles. The number of hydrogen-bond donors (Lipinski definition) is 1. The highest BCUT2D eigenvalue weighted by atomic mass is 19.1. The SMILES string of the molecule is COc1cc(F)c([C@H](C2CCCCC2)N2CCNCC2)cc1OC. The molecule has 2 aliphatic rings. The third kappa shape index (κ3) is 3.67. The monoisotopic (exact) mass is 336 g/mol. The van der Waals surface area contributed by atoms with Crippen molar-refractivity contribution in [3.63, 3.8) is 0 Å². The molecule has 1 heterocycles. The fourth-order valence-corrected chi connectivity index (χ4v) is 4.26. The number of rotatable bonds is 5. The summed E-state index contributed by atoms with van der Waals surface area (Å²) in [5.74, 6) is 1.41. The molecule has 0 radical (unpaired) electrons. The molecule has 1 aromatic carbocycles. The number of nitrogens with one attached hydrogen (secondary N) is 1. The van der Waals surface area contributed by atoms with E-state index in [2.05, 4.69) is 10.2 Å². The molecule has 1 atom stereocenters. The molecule has 1 saturated carbocycles. The summed E-state index contributed by atoms with van der Waals surface area (Å²) in [4.78, 5) is 2.46. The van der Waals surface area contributed by atoms with Gasteiger partial charge in [0.25, 0.3) is 0 Å². The van der Waals surface area contributed by atoms with Crippen molar-refractivity contribution in [3.05, 3.63) is 23.5 Å². The third-order valence-electron chi connectivity index (χ3n) is 5.46. The molecule has 5 heteroatoms. The molecule has 2 fully saturated rings. The Kier molecular flexibility index (Phi) is 5.95. The van der Waals surface area contributed by atoms with E-state index in [9.17, 15) is 4.39 Å². The van der Waals surface area contributed by atoms with Gasteiger partial charge in [-0.05, 0) is 24.8 Å². The molecular weight excluding hydrogens is 307 g/mol. The normalized spacial score (nSPS) is 21.5. The predicted molar refractivity (Wildman–Crippen MR) is 93.3 cm³/mol. The molecule has 0 amide bonds. The van der Waals surface area contributed by atoms with Crippen molar-refractivity contribution >= 4 is 0 Å². The molecule has 3 rings (SSSR count). The molecule has 1 N–H and O–H groups in total. The van der Waals surface area contributed by atoms with E-state index in [1.807, 2.05) is 6.07 Å². The Morgan fingerprint density at radius 2 is 1.67 bits per heavy atom. The van der Waals surface area contributed by atoms with Crippen molar-refractivity contribution in [3.8, 4) is 11.5 Å². The number of halogens is 1. The maximum atomic E-state index is 14.9. The third-order valence-corrected chi connectivity index (χ3v) is 5.46. The largest absolute Gasteiger partial charge is 0.493 e.